The number of nitrogens with zero attached hydrogens (tertiary/aromatic N) is 3. The summed E-state index contributed by atoms with van der Waals surface area (Å²) in [6, 6.07) is 0. The van der Waals surface area contributed by atoms with Crippen LogP contribution in [0.3, 0.4) is 0 Å². The van der Waals surface area contributed by atoms with Crippen molar-refractivity contribution in [3.63, 3.8) is 0 Å². The Bertz CT molecular complexity index is 307. The van der Waals surface area contributed by atoms with E-state index < -0.39 is 0 Å². The van der Waals surface area contributed by atoms with Gasteiger partial charge in [-0.15, -0.1) is 5.10 Å². The molecule has 0 aromatic carbocycles. The van der Waals surface area contributed by atoms with Gasteiger partial charge in [0.05, 0.1) is 10.5 Å². The van der Waals surface area contributed by atoms with Crippen molar-refractivity contribution >= 4 is 15.9 Å². The number of rotatable bonds is 3. The van der Waals surface area contributed by atoms with Gasteiger partial charge in [-0.3, -0.25) is 4.68 Å². The lowest BCUT2D eigenvalue weighted by molar-refractivity contribution is 0.0600. The summed E-state index contributed by atoms with van der Waals surface area (Å²) in [5.74, 6) is 0.693. The maximum atomic E-state index is 5.33. The van der Waals surface area contributed by atoms with Crippen LogP contribution in [0.2, 0.25) is 0 Å². The first kappa shape index (κ1) is 11.1. The fourth-order valence-electron chi connectivity index (χ4n) is 1.78. The SMILES string of the molecule is CC(Br)c1cn(CC2CCOCC2)nn1. The van der Waals surface area contributed by atoms with Crippen molar-refractivity contribution in [2.24, 2.45) is 5.92 Å². The first-order valence-electron chi connectivity index (χ1n) is 5.37. The van der Waals surface area contributed by atoms with Gasteiger partial charge < -0.3 is 4.74 Å². The van der Waals surface area contributed by atoms with Crippen LogP contribution in [0.4, 0.5) is 0 Å². The van der Waals surface area contributed by atoms with Crippen LogP contribution in [0.1, 0.15) is 30.3 Å². The number of ether oxygens (including phenoxy) is 1. The molecule has 1 saturated heterocycles. The standard InChI is InChI=1S/C10H16BrN3O/c1-8(11)10-7-14(13-12-10)6-9-2-4-15-5-3-9/h7-9H,2-6H2,1H3. The lowest BCUT2D eigenvalue weighted by atomic mass is 10.0. The molecule has 1 fully saturated rings. The van der Waals surface area contributed by atoms with Crippen LogP contribution >= 0.6 is 15.9 Å². The van der Waals surface area contributed by atoms with Crippen molar-refractivity contribution in [2.45, 2.75) is 31.1 Å². The Kier molecular flexibility index (Phi) is 3.75. The Morgan fingerprint density at radius 2 is 2.33 bits per heavy atom. The predicted octanol–water partition coefficient (Wildman–Crippen LogP) is 2.16. The molecule has 2 rings (SSSR count). The zero-order chi connectivity index (χ0) is 10.7. The van der Waals surface area contributed by atoms with Crippen LogP contribution in [-0.4, -0.2) is 28.2 Å². The topological polar surface area (TPSA) is 39.9 Å². The molecule has 1 aromatic heterocycles. The van der Waals surface area contributed by atoms with Crippen molar-refractivity contribution in [1.29, 1.82) is 0 Å². The highest BCUT2D eigenvalue weighted by Crippen LogP contribution is 2.20. The minimum atomic E-state index is 0.279. The van der Waals surface area contributed by atoms with E-state index in [-0.39, 0.29) is 4.83 Å². The van der Waals surface area contributed by atoms with Gasteiger partial charge in [0.1, 0.15) is 0 Å². The Labute approximate surface area is 98.1 Å². The van der Waals surface area contributed by atoms with Crippen molar-refractivity contribution in [3.8, 4) is 0 Å². The van der Waals surface area contributed by atoms with Gasteiger partial charge in [0.15, 0.2) is 0 Å². The zero-order valence-electron chi connectivity index (χ0n) is 8.90. The summed E-state index contributed by atoms with van der Waals surface area (Å²) >= 11 is 3.49. The van der Waals surface area contributed by atoms with E-state index in [0.29, 0.717) is 5.92 Å². The molecule has 5 heteroatoms. The molecule has 84 valence electrons. The van der Waals surface area contributed by atoms with Gasteiger partial charge in [-0.2, -0.15) is 0 Å². The molecule has 0 radical (unpaired) electrons. The Morgan fingerprint density at radius 3 is 2.93 bits per heavy atom. The number of alkyl halides is 1. The van der Waals surface area contributed by atoms with Crippen LogP contribution < -0.4 is 0 Å². The van der Waals surface area contributed by atoms with Gasteiger partial charge in [-0.25, -0.2) is 0 Å². The molecule has 0 saturated carbocycles. The molecule has 1 aliphatic heterocycles. The molecule has 1 atom stereocenters. The first-order chi connectivity index (χ1) is 7.25. The van der Waals surface area contributed by atoms with E-state index in [4.69, 9.17) is 4.74 Å². The molecule has 4 nitrogen and oxygen atoms in total. The zero-order valence-corrected chi connectivity index (χ0v) is 10.5. The third-order valence-electron chi connectivity index (χ3n) is 2.75. The van der Waals surface area contributed by atoms with Crippen molar-refractivity contribution in [3.05, 3.63) is 11.9 Å². The van der Waals surface area contributed by atoms with E-state index in [1.54, 1.807) is 0 Å². The van der Waals surface area contributed by atoms with Crippen molar-refractivity contribution in [2.75, 3.05) is 13.2 Å². The van der Waals surface area contributed by atoms with E-state index in [1.807, 2.05) is 10.9 Å². The molecule has 15 heavy (non-hydrogen) atoms. The van der Waals surface area contributed by atoms with Crippen LogP contribution in [0.5, 0.6) is 0 Å². The third kappa shape index (κ3) is 3.01. The van der Waals surface area contributed by atoms with E-state index in [0.717, 1.165) is 38.3 Å². The second kappa shape index (κ2) is 5.07. The summed E-state index contributed by atoms with van der Waals surface area (Å²) in [5.41, 5.74) is 1.00. The fraction of sp³-hybridized carbons (Fsp3) is 0.800. The second-order valence-corrected chi connectivity index (χ2v) is 5.41. The Hall–Kier alpha value is -0.420. The summed E-state index contributed by atoms with van der Waals surface area (Å²) < 4.78 is 7.28. The molecular formula is C10H16BrN3O. The molecule has 2 heterocycles. The van der Waals surface area contributed by atoms with E-state index in [1.165, 1.54) is 0 Å². The molecule has 1 aromatic rings. The summed E-state index contributed by atoms with van der Waals surface area (Å²) in [7, 11) is 0. The molecule has 0 aliphatic carbocycles. The van der Waals surface area contributed by atoms with Gasteiger partial charge in [-0.1, -0.05) is 21.1 Å². The van der Waals surface area contributed by atoms with Gasteiger partial charge in [-0.05, 0) is 25.7 Å². The third-order valence-corrected chi connectivity index (χ3v) is 3.22. The quantitative estimate of drug-likeness (QED) is 0.793. The summed E-state index contributed by atoms with van der Waals surface area (Å²) in [5, 5.41) is 8.24. The molecule has 0 amide bonds. The molecule has 1 unspecified atom stereocenters. The highest BCUT2D eigenvalue weighted by molar-refractivity contribution is 9.09. The smallest absolute Gasteiger partial charge is 0.0960 e. The molecule has 1 aliphatic rings. The number of aromatic nitrogens is 3. The lowest BCUT2D eigenvalue weighted by Crippen LogP contribution is -2.20. The largest absolute Gasteiger partial charge is 0.381 e. The Morgan fingerprint density at radius 1 is 1.60 bits per heavy atom. The molecule has 0 N–H and O–H groups in total. The van der Waals surface area contributed by atoms with Gasteiger partial charge >= 0.3 is 0 Å². The Balaban J connectivity index is 1.91. The van der Waals surface area contributed by atoms with E-state index in [9.17, 15) is 0 Å². The van der Waals surface area contributed by atoms with Gasteiger partial charge in [0.25, 0.3) is 0 Å². The summed E-state index contributed by atoms with van der Waals surface area (Å²) in [4.78, 5) is 0.279. The summed E-state index contributed by atoms with van der Waals surface area (Å²) in [6.07, 6.45) is 4.30. The van der Waals surface area contributed by atoms with Crippen LogP contribution in [0.25, 0.3) is 0 Å². The molecular weight excluding hydrogens is 258 g/mol. The normalized spacial score (nSPS) is 20.4. The monoisotopic (exact) mass is 273 g/mol. The minimum Gasteiger partial charge on any atom is -0.381 e. The van der Waals surface area contributed by atoms with Crippen molar-refractivity contribution < 1.29 is 4.74 Å². The predicted molar refractivity (Wildman–Crippen MR) is 60.9 cm³/mol. The number of halogens is 1. The second-order valence-electron chi connectivity index (χ2n) is 4.04. The maximum absolute atomic E-state index is 5.33. The minimum absolute atomic E-state index is 0.279. The lowest BCUT2D eigenvalue weighted by Gasteiger charge is -2.21. The van der Waals surface area contributed by atoms with Crippen LogP contribution in [0, 0.1) is 5.92 Å². The number of hydrogen-bond donors (Lipinski definition) is 0. The summed E-state index contributed by atoms with van der Waals surface area (Å²) in [6.45, 7) is 4.81. The molecule has 0 bridgehead atoms. The van der Waals surface area contributed by atoms with E-state index in [2.05, 4.69) is 33.2 Å². The highest BCUT2D eigenvalue weighted by atomic mass is 79.9. The van der Waals surface area contributed by atoms with Crippen LogP contribution in [0.15, 0.2) is 6.20 Å². The first-order valence-corrected chi connectivity index (χ1v) is 6.29. The maximum Gasteiger partial charge on any atom is 0.0960 e. The average molecular weight is 274 g/mol. The van der Waals surface area contributed by atoms with Crippen molar-refractivity contribution in [1.82, 2.24) is 15.0 Å². The van der Waals surface area contributed by atoms with E-state index >= 15 is 0 Å². The number of hydrogen-bond acceptors (Lipinski definition) is 3. The van der Waals surface area contributed by atoms with Gasteiger partial charge in [0.2, 0.25) is 0 Å². The average Bonchev–Trinajstić information content (AvgIpc) is 2.68. The molecule has 0 spiro atoms. The van der Waals surface area contributed by atoms with Crippen LogP contribution in [-0.2, 0) is 11.3 Å². The van der Waals surface area contributed by atoms with Gasteiger partial charge in [0, 0.05) is 26.0 Å². The highest BCUT2D eigenvalue weighted by Gasteiger charge is 2.15. The fourth-order valence-corrected chi connectivity index (χ4v) is 1.99.